The molecule has 0 saturated heterocycles. The van der Waals surface area contributed by atoms with Crippen LogP contribution in [0.1, 0.15) is 0 Å². The fraction of sp³-hybridized carbons (Fsp3) is 0. The molecule has 4 N–H and O–H groups in total. The Bertz CT molecular complexity index is 5.51. The van der Waals surface area contributed by atoms with Crippen LogP contribution in [0, 0.1) is 0 Å². The van der Waals surface area contributed by atoms with E-state index in [1.54, 1.807) is 0 Å². The van der Waals surface area contributed by atoms with Gasteiger partial charge in [-0.1, -0.05) is 0 Å². The Kier molecular flexibility index (Phi) is 9290. The molecule has 0 spiro atoms. The number of hydrogen-bond donors (Lipinski definition) is 0. The van der Waals surface area contributed by atoms with Gasteiger partial charge in [0.25, 0.3) is 0 Å². The molecule has 0 heterocycles. The molecule has 6 heavy (non-hydrogen) atoms. The SMILES string of the molecule is [Mn+2].[Mn+2].[OH-].[OH-].[OH-].[OH-]. The predicted octanol–water partition coefficient (Wildman–Crippen LogP) is -0.712. The van der Waals surface area contributed by atoms with E-state index in [1.807, 2.05) is 0 Å². The van der Waals surface area contributed by atoms with E-state index >= 15 is 0 Å². The van der Waals surface area contributed by atoms with Gasteiger partial charge in [-0.3, -0.25) is 0 Å². The van der Waals surface area contributed by atoms with Crippen molar-refractivity contribution in [2.75, 3.05) is 0 Å². The molecule has 6 heteroatoms. The summed E-state index contributed by atoms with van der Waals surface area (Å²) in [5, 5.41) is 0. The van der Waals surface area contributed by atoms with E-state index in [-0.39, 0.29) is 56.0 Å². The van der Waals surface area contributed by atoms with Crippen LogP contribution in [0.25, 0.3) is 0 Å². The molecule has 0 amide bonds. The van der Waals surface area contributed by atoms with Crippen LogP contribution in [0.4, 0.5) is 0 Å². The van der Waals surface area contributed by atoms with E-state index in [4.69, 9.17) is 0 Å². The summed E-state index contributed by atoms with van der Waals surface area (Å²) in [6, 6.07) is 0. The van der Waals surface area contributed by atoms with Gasteiger partial charge in [-0.15, -0.1) is 0 Å². The zero-order chi connectivity index (χ0) is 0. The molecule has 42 valence electrons. The Morgan fingerprint density at radius 1 is 0.333 bits per heavy atom. The van der Waals surface area contributed by atoms with Crippen molar-refractivity contribution in [2.24, 2.45) is 0 Å². The van der Waals surface area contributed by atoms with Crippen molar-refractivity contribution in [3.05, 3.63) is 0 Å². The van der Waals surface area contributed by atoms with E-state index in [2.05, 4.69) is 0 Å². The van der Waals surface area contributed by atoms with Crippen LogP contribution < -0.4 is 0 Å². The second-order valence-electron chi connectivity index (χ2n) is 0. The molecule has 0 aromatic rings. The Balaban J connectivity index is 0. The quantitative estimate of drug-likeness (QED) is 0.454. The van der Waals surface area contributed by atoms with E-state index < -0.39 is 0 Å². The molecular weight excluding hydrogens is 174 g/mol. The monoisotopic (exact) mass is 178 g/mol. The average molecular weight is 178 g/mol. The van der Waals surface area contributed by atoms with Gasteiger partial charge in [-0.25, -0.2) is 0 Å². The van der Waals surface area contributed by atoms with Gasteiger partial charge in [0.05, 0.1) is 0 Å². The summed E-state index contributed by atoms with van der Waals surface area (Å²) in [4.78, 5) is 0. The van der Waals surface area contributed by atoms with Gasteiger partial charge in [-0.2, -0.15) is 0 Å². The molecule has 0 aromatic heterocycles. The third kappa shape index (κ3) is 95.0. The topological polar surface area (TPSA) is 120 Å². The molecule has 0 atom stereocenters. The molecular formula is H4Mn2O4. The largest absolute Gasteiger partial charge is 2.00 e. The summed E-state index contributed by atoms with van der Waals surface area (Å²) >= 11 is 0. The first kappa shape index (κ1) is 308. The Morgan fingerprint density at radius 2 is 0.333 bits per heavy atom. The number of rotatable bonds is 0. The minimum atomic E-state index is 0. The van der Waals surface area contributed by atoms with Gasteiger partial charge in [0.2, 0.25) is 0 Å². The summed E-state index contributed by atoms with van der Waals surface area (Å²) in [7, 11) is 0. The van der Waals surface area contributed by atoms with E-state index in [1.165, 1.54) is 0 Å². The molecule has 0 saturated carbocycles. The molecule has 0 bridgehead atoms. The first-order valence-electron chi connectivity index (χ1n) is 0. The maximum atomic E-state index is 0. The first-order chi connectivity index (χ1) is 0. The second kappa shape index (κ2) is 181. The Labute approximate surface area is 56.5 Å². The molecule has 0 aliphatic rings. The van der Waals surface area contributed by atoms with Crippen LogP contribution in [0.15, 0.2) is 0 Å². The predicted molar refractivity (Wildman–Crippen MR) is 7.74 cm³/mol. The average Bonchev–Trinajstić information content (AvgIpc) is 0. The van der Waals surface area contributed by atoms with Crippen molar-refractivity contribution in [3.63, 3.8) is 0 Å². The minimum Gasteiger partial charge on any atom is -0.870 e. The van der Waals surface area contributed by atoms with Crippen molar-refractivity contribution in [1.82, 2.24) is 0 Å². The van der Waals surface area contributed by atoms with E-state index in [9.17, 15) is 0 Å². The van der Waals surface area contributed by atoms with Crippen LogP contribution in [0.2, 0.25) is 0 Å². The molecule has 4 nitrogen and oxygen atoms in total. The maximum absolute atomic E-state index is 0. The summed E-state index contributed by atoms with van der Waals surface area (Å²) in [6.07, 6.45) is 0. The molecule has 0 aliphatic carbocycles. The molecule has 2 radical (unpaired) electrons. The van der Waals surface area contributed by atoms with Crippen molar-refractivity contribution in [1.29, 1.82) is 0 Å². The molecule has 0 fully saturated rings. The smallest absolute Gasteiger partial charge is 0.870 e. The summed E-state index contributed by atoms with van der Waals surface area (Å²) in [5.74, 6) is 0. The summed E-state index contributed by atoms with van der Waals surface area (Å²) in [6.45, 7) is 0. The molecule has 0 aliphatic heterocycles. The van der Waals surface area contributed by atoms with Crippen LogP contribution in [-0.2, 0) is 34.1 Å². The van der Waals surface area contributed by atoms with Crippen LogP contribution in [-0.4, -0.2) is 21.9 Å². The normalized spacial score (nSPS) is 0. The van der Waals surface area contributed by atoms with Gasteiger partial charge >= 0.3 is 34.1 Å². The molecule has 0 rings (SSSR count). The van der Waals surface area contributed by atoms with E-state index in [0.717, 1.165) is 0 Å². The van der Waals surface area contributed by atoms with Crippen LogP contribution in [0.5, 0.6) is 0 Å². The van der Waals surface area contributed by atoms with Gasteiger partial charge < -0.3 is 21.9 Å². The Hall–Kier alpha value is 0.879. The Morgan fingerprint density at radius 3 is 0.333 bits per heavy atom. The van der Waals surface area contributed by atoms with Crippen molar-refractivity contribution in [2.45, 2.75) is 0 Å². The zero-order valence-electron chi connectivity index (χ0n) is 2.54. The minimum absolute atomic E-state index is 0. The molecule has 0 unspecified atom stereocenters. The third-order valence-electron chi connectivity index (χ3n) is 0. The van der Waals surface area contributed by atoms with Gasteiger partial charge in [0.1, 0.15) is 0 Å². The summed E-state index contributed by atoms with van der Waals surface area (Å²) in [5.41, 5.74) is 0. The fourth-order valence-electron chi connectivity index (χ4n) is 0. The van der Waals surface area contributed by atoms with Gasteiger partial charge in [0.15, 0.2) is 0 Å². The molecule has 0 aromatic carbocycles. The second-order valence-corrected chi connectivity index (χ2v) is 0. The van der Waals surface area contributed by atoms with Crippen LogP contribution >= 0.6 is 0 Å². The third-order valence-corrected chi connectivity index (χ3v) is 0. The number of hydrogen-bond acceptors (Lipinski definition) is 4. The van der Waals surface area contributed by atoms with E-state index in [0.29, 0.717) is 0 Å². The standard InChI is InChI=1S/2Mn.4H2O/h;;4*1H2/q2*+2;;;;/p-4. The van der Waals surface area contributed by atoms with Gasteiger partial charge in [0, 0.05) is 0 Å². The van der Waals surface area contributed by atoms with Crippen molar-refractivity contribution >= 4 is 0 Å². The first-order valence-corrected chi connectivity index (χ1v) is 0. The fourth-order valence-corrected chi connectivity index (χ4v) is 0. The maximum Gasteiger partial charge on any atom is 2.00 e. The van der Waals surface area contributed by atoms with Crippen LogP contribution in [0.3, 0.4) is 0 Å². The van der Waals surface area contributed by atoms with Crippen molar-refractivity contribution in [3.8, 4) is 0 Å². The summed E-state index contributed by atoms with van der Waals surface area (Å²) < 4.78 is 0. The van der Waals surface area contributed by atoms with Crippen molar-refractivity contribution < 1.29 is 56.0 Å². The zero-order valence-corrected chi connectivity index (χ0v) is 4.91. The van der Waals surface area contributed by atoms with Gasteiger partial charge in [-0.05, 0) is 0 Å².